The average Bonchev–Trinajstić information content (AvgIpc) is 3.44. The number of carbonyl (C=O) groups is 1. The van der Waals surface area contributed by atoms with Gasteiger partial charge in [0.05, 0.1) is 32.3 Å². The number of hydrogen-bond acceptors (Lipinski definition) is 9. The second-order valence-electron chi connectivity index (χ2n) is 10.5. The van der Waals surface area contributed by atoms with E-state index in [1.807, 2.05) is 6.07 Å². The van der Waals surface area contributed by atoms with E-state index < -0.39 is 10.0 Å². The van der Waals surface area contributed by atoms with Gasteiger partial charge >= 0.3 is 0 Å². The minimum atomic E-state index is -3.61. The first kappa shape index (κ1) is 32.4. The lowest BCUT2D eigenvalue weighted by atomic mass is 10.0. The highest BCUT2D eigenvalue weighted by molar-refractivity contribution is 7.89. The molecule has 42 heavy (non-hydrogen) atoms. The molecule has 2 fully saturated rings. The van der Waals surface area contributed by atoms with Crippen LogP contribution in [-0.4, -0.2) is 95.2 Å². The molecule has 2 aliphatic rings. The molecule has 2 saturated heterocycles. The van der Waals surface area contributed by atoms with Crippen molar-refractivity contribution in [2.75, 3.05) is 71.6 Å². The molecule has 1 aromatic heterocycles. The second-order valence-corrected chi connectivity index (χ2v) is 13.4. The molecule has 230 valence electrons. The van der Waals surface area contributed by atoms with Crippen molar-refractivity contribution in [2.24, 2.45) is 5.92 Å². The van der Waals surface area contributed by atoms with Crippen LogP contribution in [-0.2, 0) is 14.8 Å². The molecule has 0 spiro atoms. The quantitative estimate of drug-likeness (QED) is 0.319. The van der Waals surface area contributed by atoms with E-state index in [1.165, 1.54) is 23.5 Å². The Hall–Kier alpha value is -2.48. The number of thiazole rings is 1. The summed E-state index contributed by atoms with van der Waals surface area (Å²) in [7, 11) is -0.413. The lowest BCUT2D eigenvalue weighted by Crippen LogP contribution is -2.39. The number of ether oxygens (including phenoxy) is 3. The highest BCUT2D eigenvalue weighted by Gasteiger charge is 2.29. The summed E-state index contributed by atoms with van der Waals surface area (Å²) in [5, 5.41) is 0.536. The van der Waals surface area contributed by atoms with Crippen molar-refractivity contribution in [1.82, 2.24) is 14.2 Å². The summed E-state index contributed by atoms with van der Waals surface area (Å²) in [6, 6.07) is 9.91. The van der Waals surface area contributed by atoms with Gasteiger partial charge in [0.1, 0.15) is 21.7 Å². The molecule has 0 aliphatic carbocycles. The maximum Gasteiger partial charge on any atom is 0.260 e. The predicted molar refractivity (Wildman–Crippen MR) is 167 cm³/mol. The van der Waals surface area contributed by atoms with Crippen LogP contribution in [0.25, 0.3) is 10.2 Å². The first-order chi connectivity index (χ1) is 19.8. The Kier molecular flexibility index (Phi) is 11.1. The third-order valence-electron chi connectivity index (χ3n) is 7.82. The number of nitrogens with zero attached hydrogens (tertiary/aromatic N) is 4. The van der Waals surface area contributed by atoms with E-state index in [0.717, 1.165) is 43.6 Å². The maximum absolute atomic E-state index is 13.9. The number of sulfonamides is 1. The first-order valence-electron chi connectivity index (χ1n) is 14.1. The number of halogens is 1. The van der Waals surface area contributed by atoms with Crippen LogP contribution >= 0.6 is 23.7 Å². The van der Waals surface area contributed by atoms with Crippen molar-refractivity contribution < 1.29 is 27.4 Å². The molecule has 0 radical (unpaired) electrons. The predicted octanol–water partition coefficient (Wildman–Crippen LogP) is 4.53. The Morgan fingerprint density at radius 1 is 1.02 bits per heavy atom. The van der Waals surface area contributed by atoms with Crippen molar-refractivity contribution in [1.29, 1.82) is 0 Å². The number of piperidine rings is 1. The highest BCUT2D eigenvalue weighted by atomic mass is 35.5. The molecular weight excluding hydrogens is 600 g/mol. The number of aromatic nitrogens is 1. The van der Waals surface area contributed by atoms with Crippen molar-refractivity contribution >= 4 is 55.0 Å². The van der Waals surface area contributed by atoms with Gasteiger partial charge in [-0.15, -0.1) is 12.4 Å². The maximum atomic E-state index is 13.9. The number of anilines is 1. The van der Waals surface area contributed by atoms with Gasteiger partial charge in [-0.1, -0.05) is 18.3 Å². The second kappa shape index (κ2) is 14.3. The number of methoxy groups -OCH3 is 2. The van der Waals surface area contributed by atoms with Crippen LogP contribution in [0.1, 0.15) is 36.5 Å². The van der Waals surface area contributed by atoms with Crippen molar-refractivity contribution in [2.45, 2.75) is 31.1 Å². The van der Waals surface area contributed by atoms with Crippen LogP contribution in [0.4, 0.5) is 5.13 Å². The fraction of sp³-hybridized carbons (Fsp3) is 0.517. The van der Waals surface area contributed by atoms with E-state index >= 15 is 0 Å². The van der Waals surface area contributed by atoms with Gasteiger partial charge in [0.25, 0.3) is 5.91 Å². The zero-order valence-electron chi connectivity index (χ0n) is 24.3. The average molecular weight is 639 g/mol. The standard InChI is InChI=1S/C29H38N4O6S2.ClH/c1-21-11-15-32(16-12-21)41(35,36)23-7-5-22(6-8-23)28(34)33(14-4-13-31-17-19-39-20-18-31)29-30-26-24(37-2)9-10-25(38-3)27(26)40-29;/h5-10,21H,4,11-20H2,1-3H3;1H. The lowest BCUT2D eigenvalue weighted by Gasteiger charge is -2.29. The van der Waals surface area contributed by atoms with Gasteiger partial charge < -0.3 is 14.2 Å². The van der Waals surface area contributed by atoms with Crippen LogP contribution in [0, 0.1) is 5.92 Å². The van der Waals surface area contributed by atoms with Crippen LogP contribution in [0.2, 0.25) is 0 Å². The monoisotopic (exact) mass is 638 g/mol. The smallest absolute Gasteiger partial charge is 0.260 e. The molecule has 1 amide bonds. The largest absolute Gasteiger partial charge is 0.495 e. The molecule has 3 aromatic rings. The zero-order valence-corrected chi connectivity index (χ0v) is 26.7. The summed E-state index contributed by atoms with van der Waals surface area (Å²) in [6.45, 7) is 7.64. The number of benzene rings is 2. The molecule has 0 bridgehead atoms. The molecular formula is C29H39ClN4O6S2. The van der Waals surface area contributed by atoms with E-state index in [2.05, 4.69) is 11.8 Å². The Morgan fingerprint density at radius 3 is 2.31 bits per heavy atom. The van der Waals surface area contributed by atoms with Gasteiger partial charge in [0.2, 0.25) is 10.0 Å². The molecule has 0 unspecified atom stereocenters. The van der Waals surface area contributed by atoms with E-state index in [0.29, 0.717) is 66.5 Å². The van der Waals surface area contributed by atoms with E-state index in [1.54, 1.807) is 41.6 Å². The number of rotatable bonds is 10. The highest BCUT2D eigenvalue weighted by Crippen LogP contribution is 2.40. The minimum absolute atomic E-state index is 0. The van der Waals surface area contributed by atoms with E-state index in [9.17, 15) is 13.2 Å². The number of carbonyl (C=O) groups excluding carboxylic acids is 1. The summed E-state index contributed by atoms with van der Waals surface area (Å²) in [6.07, 6.45) is 2.45. The fourth-order valence-electron chi connectivity index (χ4n) is 5.25. The van der Waals surface area contributed by atoms with Gasteiger partial charge in [-0.25, -0.2) is 13.4 Å². The minimum Gasteiger partial charge on any atom is -0.495 e. The Morgan fingerprint density at radius 2 is 1.67 bits per heavy atom. The van der Waals surface area contributed by atoms with Gasteiger partial charge in [0.15, 0.2) is 5.13 Å². The molecule has 13 heteroatoms. The first-order valence-corrected chi connectivity index (χ1v) is 16.3. The fourth-order valence-corrected chi connectivity index (χ4v) is 7.82. The summed E-state index contributed by atoms with van der Waals surface area (Å²) in [4.78, 5) is 23.0. The molecule has 10 nitrogen and oxygen atoms in total. The van der Waals surface area contributed by atoms with Crippen molar-refractivity contribution in [3.8, 4) is 11.5 Å². The summed E-state index contributed by atoms with van der Waals surface area (Å²) in [5.41, 5.74) is 1.04. The number of hydrogen-bond donors (Lipinski definition) is 0. The van der Waals surface area contributed by atoms with Crippen molar-refractivity contribution in [3.63, 3.8) is 0 Å². The van der Waals surface area contributed by atoms with Gasteiger partial charge in [-0.2, -0.15) is 4.31 Å². The lowest BCUT2D eigenvalue weighted by molar-refractivity contribution is 0.0376. The molecule has 5 rings (SSSR count). The van der Waals surface area contributed by atoms with Gasteiger partial charge in [-0.3, -0.25) is 14.6 Å². The Bertz CT molecular complexity index is 1410. The summed E-state index contributed by atoms with van der Waals surface area (Å²) >= 11 is 1.37. The number of morpholine rings is 1. The van der Waals surface area contributed by atoms with Crippen LogP contribution in [0.5, 0.6) is 11.5 Å². The van der Waals surface area contributed by atoms with Crippen molar-refractivity contribution in [3.05, 3.63) is 42.0 Å². The normalized spacial score (nSPS) is 17.1. The van der Waals surface area contributed by atoms with Gasteiger partial charge in [-0.05, 0) is 61.6 Å². The third-order valence-corrected chi connectivity index (χ3v) is 10.8. The van der Waals surface area contributed by atoms with Crippen LogP contribution in [0.15, 0.2) is 41.3 Å². The van der Waals surface area contributed by atoms with Gasteiger partial charge in [0, 0.05) is 44.8 Å². The van der Waals surface area contributed by atoms with Crippen LogP contribution < -0.4 is 14.4 Å². The summed E-state index contributed by atoms with van der Waals surface area (Å²) in [5.74, 6) is 1.55. The van der Waals surface area contributed by atoms with E-state index in [-0.39, 0.29) is 23.2 Å². The Balaban J connectivity index is 0.00000405. The van der Waals surface area contributed by atoms with E-state index in [4.69, 9.17) is 19.2 Å². The van der Waals surface area contributed by atoms with Crippen LogP contribution in [0.3, 0.4) is 0 Å². The zero-order chi connectivity index (χ0) is 29.0. The molecule has 0 atom stereocenters. The Labute approximate surface area is 258 Å². The molecule has 2 aliphatic heterocycles. The molecule has 3 heterocycles. The summed E-state index contributed by atoms with van der Waals surface area (Å²) < 4.78 is 45.3. The topological polar surface area (TPSA) is 102 Å². The SMILES string of the molecule is COc1ccc(OC)c2sc(N(CCCN3CCOCC3)C(=O)c3ccc(S(=O)(=O)N4CCC(C)CC4)cc3)nc12.Cl. The molecule has 0 N–H and O–H groups in total. The molecule has 0 saturated carbocycles. The number of amides is 1. The molecule has 2 aromatic carbocycles. The third kappa shape index (κ3) is 7.00. The number of fused-ring (bicyclic) bond motifs is 1.